The number of aryl methyl sites for hydroxylation is 1. The maximum atomic E-state index is 6.09. The topological polar surface area (TPSA) is 35.2 Å². The van der Waals surface area contributed by atoms with E-state index >= 15 is 0 Å². The largest absolute Gasteiger partial charge is 0.496 e. The second-order valence-corrected chi connectivity index (χ2v) is 4.22. The highest BCUT2D eigenvalue weighted by molar-refractivity contribution is 6.30. The van der Waals surface area contributed by atoms with Crippen molar-refractivity contribution in [3.05, 3.63) is 46.2 Å². The number of halogens is 1. The summed E-state index contributed by atoms with van der Waals surface area (Å²) in [6, 6.07) is 5.66. The fraction of sp³-hybridized carbons (Fsp3) is 0.333. The van der Waals surface area contributed by atoms with Crippen LogP contribution in [0.2, 0.25) is 5.02 Å². The van der Waals surface area contributed by atoms with Crippen molar-refractivity contribution in [3.63, 3.8) is 0 Å². The molecule has 1 unspecified atom stereocenters. The Balaban J connectivity index is 2.28. The second kappa shape index (κ2) is 4.25. The van der Waals surface area contributed by atoms with Crippen molar-refractivity contribution in [2.45, 2.75) is 19.4 Å². The maximum absolute atomic E-state index is 6.09. The average Bonchev–Trinajstić information content (AvgIpc) is 2.67. The van der Waals surface area contributed by atoms with Gasteiger partial charge in [0.15, 0.2) is 0 Å². The number of hydrogen-bond acceptors (Lipinski definition) is 2. The predicted molar refractivity (Wildman–Crippen MR) is 61.8 cm³/mol. The van der Waals surface area contributed by atoms with Crippen LogP contribution in [0.25, 0.3) is 0 Å². The molecule has 0 aromatic heterocycles. The van der Waals surface area contributed by atoms with Crippen LogP contribution >= 0.6 is 11.6 Å². The zero-order valence-electron chi connectivity index (χ0n) is 8.66. The van der Waals surface area contributed by atoms with Crippen LogP contribution in [-0.4, -0.2) is 6.61 Å². The molecule has 0 radical (unpaired) electrons. The molecule has 0 fully saturated rings. The third-order valence-electron chi connectivity index (χ3n) is 2.46. The Morgan fingerprint density at radius 2 is 2.20 bits per heavy atom. The Bertz CT molecular complexity index is 380. The van der Waals surface area contributed by atoms with Gasteiger partial charge in [-0.25, -0.2) is 0 Å². The van der Waals surface area contributed by atoms with Gasteiger partial charge in [-0.2, -0.15) is 0 Å². The predicted octanol–water partition coefficient (Wildman–Crippen LogP) is 2.95. The van der Waals surface area contributed by atoms with Crippen molar-refractivity contribution in [3.8, 4) is 0 Å². The van der Waals surface area contributed by atoms with Crippen LogP contribution in [0.5, 0.6) is 0 Å². The molecule has 0 bridgehead atoms. The van der Waals surface area contributed by atoms with E-state index in [2.05, 4.69) is 0 Å². The summed E-state index contributed by atoms with van der Waals surface area (Å²) < 4.78 is 5.44. The molecular weight excluding hydrogens is 210 g/mol. The summed E-state index contributed by atoms with van der Waals surface area (Å²) in [4.78, 5) is 0. The molecule has 80 valence electrons. The van der Waals surface area contributed by atoms with E-state index in [1.54, 1.807) is 0 Å². The lowest BCUT2D eigenvalue weighted by Crippen LogP contribution is -2.13. The van der Waals surface area contributed by atoms with Crippen molar-refractivity contribution >= 4 is 11.6 Å². The quantitative estimate of drug-likeness (QED) is 0.837. The van der Waals surface area contributed by atoms with Gasteiger partial charge >= 0.3 is 0 Å². The molecule has 2 N–H and O–H groups in total. The highest BCUT2D eigenvalue weighted by atomic mass is 35.5. The van der Waals surface area contributed by atoms with Gasteiger partial charge in [-0.1, -0.05) is 17.7 Å². The SMILES string of the molecule is Cc1cc(Cl)cc(C(N)C2=CCCO2)c1. The molecule has 0 spiro atoms. The smallest absolute Gasteiger partial charge is 0.113 e. The highest BCUT2D eigenvalue weighted by Crippen LogP contribution is 2.26. The normalized spacial score (nSPS) is 17.1. The minimum absolute atomic E-state index is 0.190. The maximum Gasteiger partial charge on any atom is 0.113 e. The van der Waals surface area contributed by atoms with E-state index < -0.39 is 0 Å². The number of nitrogens with two attached hydrogens (primary N) is 1. The number of benzene rings is 1. The van der Waals surface area contributed by atoms with E-state index in [1.807, 2.05) is 31.2 Å². The van der Waals surface area contributed by atoms with Crippen LogP contribution in [0.1, 0.15) is 23.6 Å². The molecule has 0 saturated carbocycles. The summed E-state index contributed by atoms with van der Waals surface area (Å²) in [5.41, 5.74) is 8.21. The van der Waals surface area contributed by atoms with E-state index in [-0.39, 0.29) is 6.04 Å². The minimum Gasteiger partial charge on any atom is -0.496 e. The summed E-state index contributed by atoms with van der Waals surface area (Å²) >= 11 is 5.99. The summed E-state index contributed by atoms with van der Waals surface area (Å²) in [5.74, 6) is 0.858. The lowest BCUT2D eigenvalue weighted by molar-refractivity contribution is 0.225. The van der Waals surface area contributed by atoms with Gasteiger partial charge in [-0.3, -0.25) is 0 Å². The molecule has 15 heavy (non-hydrogen) atoms. The van der Waals surface area contributed by atoms with Gasteiger partial charge in [0.25, 0.3) is 0 Å². The van der Waals surface area contributed by atoms with Crippen molar-refractivity contribution in [2.75, 3.05) is 6.61 Å². The van der Waals surface area contributed by atoms with E-state index in [0.29, 0.717) is 0 Å². The Morgan fingerprint density at radius 1 is 1.40 bits per heavy atom. The van der Waals surface area contributed by atoms with Gasteiger partial charge in [-0.15, -0.1) is 0 Å². The number of ether oxygens (including phenoxy) is 1. The van der Waals surface area contributed by atoms with Gasteiger partial charge in [0.05, 0.1) is 12.6 Å². The Morgan fingerprint density at radius 3 is 2.80 bits per heavy atom. The fourth-order valence-electron chi connectivity index (χ4n) is 1.76. The van der Waals surface area contributed by atoms with E-state index in [1.165, 1.54) is 0 Å². The molecule has 1 atom stereocenters. The minimum atomic E-state index is -0.190. The van der Waals surface area contributed by atoms with Crippen LogP contribution in [-0.2, 0) is 4.74 Å². The van der Waals surface area contributed by atoms with Gasteiger partial charge in [-0.05, 0) is 36.3 Å². The first-order chi connectivity index (χ1) is 7.16. The molecule has 0 amide bonds. The van der Waals surface area contributed by atoms with Gasteiger partial charge in [0.2, 0.25) is 0 Å². The zero-order valence-corrected chi connectivity index (χ0v) is 9.42. The molecule has 0 saturated heterocycles. The summed E-state index contributed by atoms with van der Waals surface area (Å²) in [6.07, 6.45) is 2.99. The first-order valence-electron chi connectivity index (χ1n) is 5.02. The standard InChI is InChI=1S/C12H14ClNO/c1-8-5-9(7-10(13)6-8)12(14)11-3-2-4-15-11/h3,5-7,12H,2,4,14H2,1H3. The first-order valence-corrected chi connectivity index (χ1v) is 5.40. The van der Waals surface area contributed by atoms with Gasteiger partial charge in [0.1, 0.15) is 5.76 Å². The Labute approximate surface area is 94.7 Å². The van der Waals surface area contributed by atoms with Gasteiger partial charge in [0, 0.05) is 11.4 Å². The summed E-state index contributed by atoms with van der Waals surface area (Å²) in [5, 5.41) is 0.721. The van der Waals surface area contributed by atoms with Crippen LogP contribution in [0.3, 0.4) is 0 Å². The summed E-state index contributed by atoms with van der Waals surface area (Å²) in [7, 11) is 0. The van der Waals surface area contributed by atoms with Crippen LogP contribution < -0.4 is 5.73 Å². The fourth-order valence-corrected chi connectivity index (χ4v) is 2.06. The highest BCUT2D eigenvalue weighted by Gasteiger charge is 2.16. The monoisotopic (exact) mass is 223 g/mol. The molecule has 2 nitrogen and oxygen atoms in total. The Kier molecular flexibility index (Phi) is 2.98. The second-order valence-electron chi connectivity index (χ2n) is 3.78. The van der Waals surface area contributed by atoms with Crippen LogP contribution in [0, 0.1) is 6.92 Å². The number of hydrogen-bond donors (Lipinski definition) is 1. The Hall–Kier alpha value is -0.990. The van der Waals surface area contributed by atoms with E-state index in [9.17, 15) is 0 Å². The van der Waals surface area contributed by atoms with Crippen molar-refractivity contribution in [1.82, 2.24) is 0 Å². The molecule has 1 aliphatic rings. The lowest BCUT2D eigenvalue weighted by atomic mass is 10.0. The molecule has 1 heterocycles. The van der Waals surface area contributed by atoms with Gasteiger partial charge < -0.3 is 10.5 Å². The third kappa shape index (κ3) is 2.33. The van der Waals surface area contributed by atoms with Crippen LogP contribution in [0.4, 0.5) is 0 Å². The average molecular weight is 224 g/mol. The first kappa shape index (κ1) is 10.5. The van der Waals surface area contributed by atoms with E-state index in [4.69, 9.17) is 22.1 Å². The zero-order chi connectivity index (χ0) is 10.8. The molecule has 1 aromatic rings. The van der Waals surface area contributed by atoms with Crippen LogP contribution in [0.15, 0.2) is 30.0 Å². The molecule has 1 aromatic carbocycles. The molecular formula is C12H14ClNO. The van der Waals surface area contributed by atoms with Crippen molar-refractivity contribution < 1.29 is 4.74 Å². The third-order valence-corrected chi connectivity index (χ3v) is 2.68. The molecule has 1 aliphatic heterocycles. The molecule has 0 aliphatic carbocycles. The van der Waals surface area contributed by atoms with Crippen molar-refractivity contribution in [1.29, 1.82) is 0 Å². The molecule has 3 heteroatoms. The van der Waals surface area contributed by atoms with Crippen molar-refractivity contribution in [2.24, 2.45) is 5.73 Å². The lowest BCUT2D eigenvalue weighted by Gasteiger charge is -2.14. The number of rotatable bonds is 2. The molecule has 2 rings (SSSR count). The summed E-state index contributed by atoms with van der Waals surface area (Å²) in [6.45, 7) is 2.74. The van der Waals surface area contributed by atoms with E-state index in [0.717, 1.165) is 34.9 Å².